The Morgan fingerprint density at radius 2 is 2.00 bits per heavy atom. The lowest BCUT2D eigenvalue weighted by atomic mass is 10.1. The van der Waals surface area contributed by atoms with Gasteiger partial charge in [-0.2, -0.15) is 0 Å². The average Bonchev–Trinajstić information content (AvgIpc) is 2.57. The Morgan fingerprint density at radius 3 is 2.64 bits per heavy atom. The van der Waals surface area contributed by atoms with E-state index in [4.69, 9.17) is 0 Å². The Hall–Kier alpha value is -1.38. The molecule has 0 atom stereocenters. The number of esters is 1. The summed E-state index contributed by atoms with van der Waals surface area (Å²) in [7, 11) is 5.08. The number of aliphatic imine (C=N–C) groups is 1. The molecule has 142 valence electrons. The van der Waals surface area contributed by atoms with Crippen LogP contribution in [0.15, 0.2) is 29.3 Å². The topological polar surface area (TPSA) is 53.9 Å². The number of hydrogen-bond acceptors (Lipinski definition) is 3. The molecule has 0 aromatic heterocycles. The SMILES string of the molecule is CN=C(NCCCCCCC(=O)OC)N(C)Cc1cccc(F)c1.I. The maximum Gasteiger partial charge on any atom is 0.305 e. The summed E-state index contributed by atoms with van der Waals surface area (Å²) in [4.78, 5) is 17.2. The molecular formula is C18H29FIN3O2. The van der Waals surface area contributed by atoms with E-state index in [0.717, 1.165) is 43.8 Å². The van der Waals surface area contributed by atoms with Gasteiger partial charge in [-0.25, -0.2) is 4.39 Å². The zero-order valence-electron chi connectivity index (χ0n) is 15.3. The summed E-state index contributed by atoms with van der Waals surface area (Å²) in [6, 6.07) is 6.58. The van der Waals surface area contributed by atoms with Gasteiger partial charge in [-0.1, -0.05) is 25.0 Å². The van der Waals surface area contributed by atoms with Crippen LogP contribution < -0.4 is 5.32 Å². The molecular weight excluding hydrogens is 436 g/mol. The predicted molar refractivity (Wildman–Crippen MR) is 110 cm³/mol. The van der Waals surface area contributed by atoms with E-state index in [1.54, 1.807) is 13.1 Å². The van der Waals surface area contributed by atoms with Crippen LogP contribution in [0.1, 0.15) is 37.7 Å². The van der Waals surface area contributed by atoms with Gasteiger partial charge in [0.25, 0.3) is 0 Å². The van der Waals surface area contributed by atoms with E-state index in [-0.39, 0.29) is 35.8 Å². The van der Waals surface area contributed by atoms with Crippen molar-refractivity contribution in [3.8, 4) is 0 Å². The first-order valence-electron chi connectivity index (χ1n) is 8.30. The number of carbonyl (C=O) groups is 1. The highest BCUT2D eigenvalue weighted by molar-refractivity contribution is 14.0. The number of benzene rings is 1. The first-order valence-corrected chi connectivity index (χ1v) is 8.30. The van der Waals surface area contributed by atoms with Crippen molar-refractivity contribution < 1.29 is 13.9 Å². The molecule has 0 heterocycles. The van der Waals surface area contributed by atoms with Crippen LogP contribution in [-0.2, 0) is 16.1 Å². The lowest BCUT2D eigenvalue weighted by Crippen LogP contribution is -2.38. The molecule has 1 N–H and O–H groups in total. The molecule has 0 aliphatic carbocycles. The largest absolute Gasteiger partial charge is 0.469 e. The maximum atomic E-state index is 13.2. The molecule has 5 nitrogen and oxygen atoms in total. The minimum absolute atomic E-state index is 0. The molecule has 0 saturated carbocycles. The summed E-state index contributed by atoms with van der Waals surface area (Å²) in [6.07, 6.45) is 4.42. The number of methoxy groups -OCH3 is 1. The van der Waals surface area contributed by atoms with Gasteiger partial charge in [0.1, 0.15) is 5.82 Å². The van der Waals surface area contributed by atoms with Crippen LogP contribution in [0.25, 0.3) is 0 Å². The smallest absolute Gasteiger partial charge is 0.305 e. The predicted octanol–water partition coefficient (Wildman–Crippen LogP) is 3.57. The van der Waals surface area contributed by atoms with Gasteiger partial charge >= 0.3 is 5.97 Å². The van der Waals surface area contributed by atoms with Gasteiger partial charge in [-0.05, 0) is 30.5 Å². The van der Waals surface area contributed by atoms with E-state index >= 15 is 0 Å². The third-order valence-electron chi connectivity index (χ3n) is 3.70. The highest BCUT2D eigenvalue weighted by Gasteiger charge is 2.06. The van der Waals surface area contributed by atoms with E-state index in [0.29, 0.717) is 13.0 Å². The first kappa shape index (κ1) is 23.6. The van der Waals surface area contributed by atoms with Crippen molar-refractivity contribution in [2.24, 2.45) is 4.99 Å². The molecule has 0 aliphatic heterocycles. The van der Waals surface area contributed by atoms with Crippen molar-refractivity contribution in [3.63, 3.8) is 0 Å². The molecule has 0 unspecified atom stereocenters. The summed E-state index contributed by atoms with van der Waals surface area (Å²) in [5.41, 5.74) is 0.906. The first-order chi connectivity index (χ1) is 11.6. The fourth-order valence-corrected chi connectivity index (χ4v) is 2.42. The average molecular weight is 465 g/mol. The summed E-state index contributed by atoms with van der Waals surface area (Å²) >= 11 is 0. The van der Waals surface area contributed by atoms with Crippen LogP contribution in [0.2, 0.25) is 0 Å². The molecule has 0 spiro atoms. The minimum Gasteiger partial charge on any atom is -0.469 e. The van der Waals surface area contributed by atoms with Crippen molar-refractivity contribution in [3.05, 3.63) is 35.6 Å². The number of ether oxygens (including phenoxy) is 1. The van der Waals surface area contributed by atoms with Crippen molar-refractivity contribution in [1.29, 1.82) is 0 Å². The normalized spacial score (nSPS) is 10.8. The van der Waals surface area contributed by atoms with E-state index < -0.39 is 0 Å². The van der Waals surface area contributed by atoms with Crippen molar-refractivity contribution in [1.82, 2.24) is 10.2 Å². The number of hydrogen-bond donors (Lipinski definition) is 1. The molecule has 0 radical (unpaired) electrons. The second kappa shape index (κ2) is 13.9. The van der Waals surface area contributed by atoms with Gasteiger partial charge in [0, 0.05) is 33.6 Å². The van der Waals surface area contributed by atoms with Crippen LogP contribution in [0.4, 0.5) is 4.39 Å². The number of rotatable bonds is 9. The van der Waals surface area contributed by atoms with E-state index in [1.165, 1.54) is 19.2 Å². The third-order valence-corrected chi connectivity index (χ3v) is 3.70. The molecule has 0 fully saturated rings. The summed E-state index contributed by atoms with van der Waals surface area (Å²) in [5, 5.41) is 3.31. The van der Waals surface area contributed by atoms with Crippen LogP contribution in [0, 0.1) is 5.82 Å². The quantitative estimate of drug-likeness (QED) is 0.199. The summed E-state index contributed by atoms with van der Waals surface area (Å²) < 4.78 is 17.8. The number of halogens is 2. The van der Waals surface area contributed by atoms with Gasteiger partial charge in [0.15, 0.2) is 5.96 Å². The molecule has 1 aromatic carbocycles. The van der Waals surface area contributed by atoms with Gasteiger partial charge in [0.05, 0.1) is 7.11 Å². The van der Waals surface area contributed by atoms with Gasteiger partial charge in [0.2, 0.25) is 0 Å². The molecule has 7 heteroatoms. The zero-order chi connectivity index (χ0) is 17.8. The van der Waals surface area contributed by atoms with Crippen LogP contribution in [0.3, 0.4) is 0 Å². The van der Waals surface area contributed by atoms with Crippen LogP contribution >= 0.6 is 24.0 Å². The van der Waals surface area contributed by atoms with Crippen molar-refractivity contribution >= 4 is 35.9 Å². The van der Waals surface area contributed by atoms with Crippen LogP contribution in [-0.4, -0.2) is 44.6 Å². The number of guanidine groups is 1. The number of unbranched alkanes of at least 4 members (excludes halogenated alkanes) is 3. The highest BCUT2D eigenvalue weighted by atomic mass is 127. The van der Waals surface area contributed by atoms with Gasteiger partial charge < -0.3 is 15.0 Å². The lowest BCUT2D eigenvalue weighted by Gasteiger charge is -2.22. The molecule has 1 rings (SSSR count). The second-order valence-corrected chi connectivity index (χ2v) is 5.70. The Balaban J connectivity index is 0.00000576. The van der Waals surface area contributed by atoms with Crippen molar-refractivity contribution in [2.75, 3.05) is 27.7 Å². The van der Waals surface area contributed by atoms with Gasteiger partial charge in [-0.3, -0.25) is 9.79 Å². The number of carbonyl (C=O) groups excluding carboxylic acids is 1. The Morgan fingerprint density at radius 1 is 1.28 bits per heavy atom. The molecule has 0 amide bonds. The van der Waals surface area contributed by atoms with E-state index in [1.807, 2.05) is 18.0 Å². The molecule has 25 heavy (non-hydrogen) atoms. The number of nitrogens with one attached hydrogen (secondary N) is 1. The fraction of sp³-hybridized carbons (Fsp3) is 0.556. The fourth-order valence-electron chi connectivity index (χ4n) is 2.42. The molecule has 0 aliphatic rings. The standard InChI is InChI=1S/C18H28FN3O2.HI/c1-20-18(21-12-7-5-4-6-11-17(23)24-3)22(2)14-15-9-8-10-16(19)13-15;/h8-10,13H,4-7,11-12,14H2,1-3H3,(H,20,21);1H. The molecule has 0 saturated heterocycles. The van der Waals surface area contributed by atoms with Gasteiger partial charge in [-0.15, -0.1) is 24.0 Å². The summed E-state index contributed by atoms with van der Waals surface area (Å²) in [5.74, 6) is 0.414. The summed E-state index contributed by atoms with van der Waals surface area (Å²) in [6.45, 7) is 1.41. The zero-order valence-corrected chi connectivity index (χ0v) is 17.6. The Kier molecular flexibility index (Phi) is 13.1. The molecule has 1 aromatic rings. The second-order valence-electron chi connectivity index (χ2n) is 5.70. The minimum atomic E-state index is -0.226. The monoisotopic (exact) mass is 465 g/mol. The molecule has 0 bridgehead atoms. The third kappa shape index (κ3) is 10.3. The lowest BCUT2D eigenvalue weighted by molar-refractivity contribution is -0.140. The highest BCUT2D eigenvalue weighted by Crippen LogP contribution is 2.07. The Labute approximate surface area is 167 Å². The van der Waals surface area contributed by atoms with Crippen molar-refractivity contribution in [2.45, 2.75) is 38.6 Å². The number of nitrogens with zero attached hydrogens (tertiary/aromatic N) is 2. The van der Waals surface area contributed by atoms with E-state index in [9.17, 15) is 9.18 Å². The Bertz CT molecular complexity index is 541. The van der Waals surface area contributed by atoms with Crippen LogP contribution in [0.5, 0.6) is 0 Å². The van der Waals surface area contributed by atoms with E-state index in [2.05, 4.69) is 15.0 Å². The maximum absolute atomic E-state index is 13.2.